The fraction of sp³-hybridized carbons (Fsp3) is 0.250. The van der Waals surface area contributed by atoms with Crippen LogP contribution in [0.4, 0.5) is 16.5 Å². The second-order valence-electron chi connectivity index (χ2n) is 7.82. The Morgan fingerprint density at radius 3 is 2.56 bits per heavy atom. The molecule has 1 heterocycles. The number of nitrogens with one attached hydrogen (secondary N) is 3. The zero-order valence-corrected chi connectivity index (χ0v) is 20.2. The van der Waals surface area contributed by atoms with Gasteiger partial charge in [0.05, 0.1) is 24.4 Å². The fourth-order valence-electron chi connectivity index (χ4n) is 3.80. The van der Waals surface area contributed by atoms with Crippen LogP contribution in [0.25, 0.3) is 0 Å². The molecule has 3 amide bonds. The van der Waals surface area contributed by atoms with Gasteiger partial charge < -0.3 is 15.4 Å². The molecule has 3 aromatic rings. The van der Waals surface area contributed by atoms with Gasteiger partial charge in [0.1, 0.15) is 5.75 Å². The van der Waals surface area contributed by atoms with E-state index in [1.807, 2.05) is 0 Å². The lowest BCUT2D eigenvalue weighted by molar-refractivity contribution is -0.118. The summed E-state index contributed by atoms with van der Waals surface area (Å²) in [6.45, 7) is 1.41. The van der Waals surface area contributed by atoms with E-state index >= 15 is 0 Å². The monoisotopic (exact) mass is 498 g/mol. The Bertz CT molecular complexity index is 1240. The number of fused-ring (bicyclic) bond motifs is 1. The zero-order chi connectivity index (χ0) is 24.2. The summed E-state index contributed by atoms with van der Waals surface area (Å²) < 4.78 is 5.36. The molecule has 10 heteroatoms. The first-order chi connectivity index (χ1) is 16.3. The van der Waals surface area contributed by atoms with Crippen LogP contribution in [-0.4, -0.2) is 29.8 Å². The number of ether oxygens (including phenoxy) is 1. The number of hydrogen-bond acceptors (Lipinski definition) is 6. The number of rotatable bonds is 6. The maximum Gasteiger partial charge on any atom is 0.257 e. The molecule has 1 aromatic heterocycles. The van der Waals surface area contributed by atoms with Crippen LogP contribution < -0.4 is 20.7 Å². The summed E-state index contributed by atoms with van der Waals surface area (Å²) in [5, 5.41) is 9.44. The van der Waals surface area contributed by atoms with Crippen molar-refractivity contribution in [3.63, 3.8) is 0 Å². The third-order valence-electron chi connectivity index (χ3n) is 5.38. The van der Waals surface area contributed by atoms with Crippen molar-refractivity contribution in [1.82, 2.24) is 4.98 Å². The minimum absolute atomic E-state index is 0.213. The first-order valence-corrected chi connectivity index (χ1v) is 11.9. The van der Waals surface area contributed by atoms with Crippen LogP contribution in [0, 0.1) is 0 Å². The van der Waals surface area contributed by atoms with Crippen LogP contribution in [0.1, 0.15) is 46.6 Å². The van der Waals surface area contributed by atoms with Crippen LogP contribution in [0.3, 0.4) is 0 Å². The molecular formula is C24H23ClN4O4S. The standard InChI is InChI=1S/C24H23ClN4O4S/c1-13(30)26-16-10-11-19(33-2)18(12-16)27-23(32)17-4-3-5-20-21(17)28-24(34-20)29-22(31)14-6-8-15(25)9-7-14/h6-12,17H,3-5H2,1-2H3,(H,26,30)(H,27,32)(H,28,29,31). The number of thiazole rings is 1. The van der Waals surface area contributed by atoms with E-state index in [2.05, 4.69) is 20.9 Å². The van der Waals surface area contributed by atoms with Crippen molar-refractivity contribution >= 4 is 57.2 Å². The van der Waals surface area contributed by atoms with Crippen LogP contribution >= 0.6 is 22.9 Å². The first kappa shape index (κ1) is 23.7. The molecule has 0 saturated heterocycles. The number of carbonyl (C=O) groups excluding carboxylic acids is 3. The number of carbonyl (C=O) groups is 3. The Morgan fingerprint density at radius 1 is 1.09 bits per heavy atom. The van der Waals surface area contributed by atoms with E-state index < -0.39 is 5.92 Å². The second kappa shape index (κ2) is 10.2. The number of amides is 3. The van der Waals surface area contributed by atoms with Gasteiger partial charge in [0, 0.05) is 28.1 Å². The average Bonchev–Trinajstić information content (AvgIpc) is 3.21. The van der Waals surface area contributed by atoms with Crippen LogP contribution in [-0.2, 0) is 16.0 Å². The third-order valence-corrected chi connectivity index (χ3v) is 6.67. The topological polar surface area (TPSA) is 109 Å². The lowest BCUT2D eigenvalue weighted by atomic mass is 9.90. The normalized spacial score (nSPS) is 14.6. The number of hydrogen-bond donors (Lipinski definition) is 3. The van der Waals surface area contributed by atoms with Crippen molar-refractivity contribution in [1.29, 1.82) is 0 Å². The summed E-state index contributed by atoms with van der Waals surface area (Å²) in [5.74, 6) is -0.707. The largest absolute Gasteiger partial charge is 0.495 e. The highest BCUT2D eigenvalue weighted by Gasteiger charge is 2.31. The van der Waals surface area contributed by atoms with E-state index in [-0.39, 0.29) is 17.7 Å². The maximum absolute atomic E-state index is 13.2. The lowest BCUT2D eigenvalue weighted by Crippen LogP contribution is -2.25. The highest BCUT2D eigenvalue weighted by atomic mass is 35.5. The van der Waals surface area contributed by atoms with Crippen molar-refractivity contribution in [3.8, 4) is 5.75 Å². The van der Waals surface area contributed by atoms with Crippen molar-refractivity contribution < 1.29 is 19.1 Å². The third kappa shape index (κ3) is 5.37. The number of methoxy groups -OCH3 is 1. The van der Waals surface area contributed by atoms with Crippen molar-refractivity contribution in [2.24, 2.45) is 0 Å². The Morgan fingerprint density at radius 2 is 1.85 bits per heavy atom. The van der Waals surface area contributed by atoms with Gasteiger partial charge in [-0.25, -0.2) is 4.98 Å². The zero-order valence-electron chi connectivity index (χ0n) is 18.6. The Kier molecular flexibility index (Phi) is 7.14. The number of aryl methyl sites for hydroxylation is 1. The molecule has 0 saturated carbocycles. The molecule has 3 N–H and O–H groups in total. The van der Waals surface area contributed by atoms with Gasteiger partial charge in [-0.15, -0.1) is 11.3 Å². The van der Waals surface area contributed by atoms with Crippen molar-refractivity contribution in [3.05, 3.63) is 63.6 Å². The fourth-order valence-corrected chi connectivity index (χ4v) is 4.99. The Labute approximate surface area is 205 Å². The summed E-state index contributed by atoms with van der Waals surface area (Å²) >= 11 is 7.28. The van der Waals surface area contributed by atoms with Crippen LogP contribution in [0.2, 0.25) is 5.02 Å². The first-order valence-electron chi connectivity index (χ1n) is 10.7. The molecule has 0 fully saturated rings. The minimum atomic E-state index is -0.463. The summed E-state index contributed by atoms with van der Waals surface area (Å²) in [4.78, 5) is 42.8. The molecule has 0 bridgehead atoms. The predicted octanol–water partition coefficient (Wildman–Crippen LogP) is 5.07. The molecule has 4 rings (SSSR count). The molecule has 1 aliphatic rings. The van der Waals surface area contributed by atoms with Gasteiger partial charge in [-0.05, 0) is 61.7 Å². The summed E-state index contributed by atoms with van der Waals surface area (Å²) in [5.41, 5.74) is 2.15. The van der Waals surface area contributed by atoms with Crippen molar-refractivity contribution in [2.45, 2.75) is 32.1 Å². The Balaban J connectivity index is 1.52. The molecular weight excluding hydrogens is 476 g/mol. The quantitative estimate of drug-likeness (QED) is 0.439. The van der Waals surface area contributed by atoms with E-state index in [4.69, 9.17) is 16.3 Å². The van der Waals surface area contributed by atoms with E-state index in [1.54, 1.807) is 42.5 Å². The molecule has 0 radical (unpaired) electrons. The van der Waals surface area contributed by atoms with Gasteiger partial charge in [-0.1, -0.05) is 11.6 Å². The van der Waals surface area contributed by atoms with Gasteiger partial charge in [0.2, 0.25) is 11.8 Å². The van der Waals surface area contributed by atoms with Gasteiger partial charge in [-0.2, -0.15) is 0 Å². The maximum atomic E-state index is 13.2. The molecule has 176 valence electrons. The lowest BCUT2D eigenvalue weighted by Gasteiger charge is -2.21. The van der Waals surface area contributed by atoms with Crippen LogP contribution in [0.15, 0.2) is 42.5 Å². The average molecular weight is 499 g/mol. The van der Waals surface area contributed by atoms with Crippen LogP contribution in [0.5, 0.6) is 5.75 Å². The molecule has 2 aromatic carbocycles. The predicted molar refractivity (Wildman–Crippen MR) is 133 cm³/mol. The smallest absolute Gasteiger partial charge is 0.257 e. The van der Waals surface area contributed by atoms with Gasteiger partial charge in [0.15, 0.2) is 5.13 Å². The van der Waals surface area contributed by atoms with Crippen molar-refractivity contribution in [2.75, 3.05) is 23.1 Å². The minimum Gasteiger partial charge on any atom is -0.495 e. The molecule has 1 unspecified atom stereocenters. The van der Waals surface area contributed by atoms with Gasteiger partial charge in [-0.3, -0.25) is 19.7 Å². The number of nitrogens with zero attached hydrogens (tertiary/aromatic N) is 1. The highest BCUT2D eigenvalue weighted by molar-refractivity contribution is 7.16. The SMILES string of the molecule is COc1ccc(NC(C)=O)cc1NC(=O)C1CCCc2sc(NC(=O)c3ccc(Cl)cc3)nc21. The summed E-state index contributed by atoms with van der Waals surface area (Å²) in [6.07, 6.45) is 2.27. The molecule has 1 atom stereocenters. The summed E-state index contributed by atoms with van der Waals surface area (Å²) in [6, 6.07) is 11.6. The highest BCUT2D eigenvalue weighted by Crippen LogP contribution is 2.38. The molecule has 1 aliphatic carbocycles. The number of halogens is 1. The van der Waals surface area contributed by atoms with E-state index in [0.29, 0.717) is 45.0 Å². The number of aromatic nitrogens is 1. The number of benzene rings is 2. The molecule has 0 aliphatic heterocycles. The Hall–Kier alpha value is -3.43. The van der Waals surface area contributed by atoms with E-state index in [9.17, 15) is 14.4 Å². The second-order valence-corrected chi connectivity index (χ2v) is 9.34. The molecule has 8 nitrogen and oxygen atoms in total. The van der Waals surface area contributed by atoms with Gasteiger partial charge in [0.25, 0.3) is 5.91 Å². The molecule has 34 heavy (non-hydrogen) atoms. The van der Waals surface area contributed by atoms with E-state index in [0.717, 1.165) is 17.7 Å². The number of anilines is 3. The summed E-state index contributed by atoms with van der Waals surface area (Å²) in [7, 11) is 1.51. The molecule has 0 spiro atoms. The van der Waals surface area contributed by atoms with E-state index in [1.165, 1.54) is 25.4 Å². The van der Waals surface area contributed by atoms with Gasteiger partial charge >= 0.3 is 0 Å².